The van der Waals surface area contributed by atoms with Gasteiger partial charge in [-0.2, -0.15) is 13.2 Å². The molecular weight excluding hydrogens is 280 g/mol. The van der Waals surface area contributed by atoms with Gasteiger partial charge in [-0.15, -0.1) is 0 Å². The average molecular weight is 288 g/mol. The first kappa shape index (κ1) is 13.7. The fraction of sp³-hybridized carbons (Fsp3) is 0.0833. The zero-order valence-electron chi connectivity index (χ0n) is 9.41. The summed E-state index contributed by atoms with van der Waals surface area (Å²) in [7, 11) is 0. The van der Waals surface area contributed by atoms with Crippen LogP contribution in [0.2, 0.25) is 0 Å². The number of pyridine rings is 1. The molecule has 0 aliphatic rings. The highest BCUT2D eigenvalue weighted by Crippen LogP contribution is 2.34. The van der Waals surface area contributed by atoms with E-state index in [0.717, 1.165) is 24.0 Å². The van der Waals surface area contributed by atoms with Crippen LogP contribution in [-0.2, 0) is 6.18 Å². The van der Waals surface area contributed by atoms with E-state index in [9.17, 15) is 17.6 Å². The molecule has 0 radical (unpaired) electrons. The highest BCUT2D eigenvalue weighted by atomic mass is 32.2. The first-order valence-electron chi connectivity index (χ1n) is 5.13. The number of hydrogen-bond acceptors (Lipinski definition) is 3. The smallest absolute Gasteiger partial charge is 0.395 e. The van der Waals surface area contributed by atoms with E-state index in [1.54, 1.807) is 6.07 Å². The van der Waals surface area contributed by atoms with E-state index in [1.165, 1.54) is 18.2 Å². The van der Waals surface area contributed by atoms with E-state index < -0.39 is 17.6 Å². The Labute approximate surface area is 110 Å². The monoisotopic (exact) mass is 288 g/mol. The van der Waals surface area contributed by atoms with Gasteiger partial charge < -0.3 is 5.73 Å². The number of aromatic nitrogens is 1. The zero-order valence-corrected chi connectivity index (χ0v) is 10.2. The number of halogens is 4. The molecular formula is C12H8F4N2S. The normalized spacial score (nSPS) is 11.6. The van der Waals surface area contributed by atoms with Gasteiger partial charge in [-0.1, -0.05) is 17.8 Å². The Morgan fingerprint density at radius 1 is 1.11 bits per heavy atom. The minimum absolute atomic E-state index is 0.0470. The molecule has 0 aliphatic carbocycles. The van der Waals surface area contributed by atoms with Crippen molar-refractivity contribution in [3.8, 4) is 0 Å². The number of alkyl halides is 3. The third-order valence-corrected chi connectivity index (χ3v) is 3.32. The number of rotatable bonds is 2. The second kappa shape index (κ2) is 5.08. The summed E-state index contributed by atoms with van der Waals surface area (Å²) in [5.41, 5.74) is 4.65. The van der Waals surface area contributed by atoms with Crippen LogP contribution in [0.25, 0.3) is 0 Å². The molecule has 0 amide bonds. The first-order chi connectivity index (χ1) is 8.88. The number of nitrogens with zero attached hydrogens (tertiary/aromatic N) is 1. The van der Waals surface area contributed by atoms with Gasteiger partial charge in [0.05, 0.1) is 11.3 Å². The van der Waals surface area contributed by atoms with Crippen LogP contribution in [0.1, 0.15) is 5.56 Å². The maximum Gasteiger partial charge on any atom is 0.417 e. The molecule has 1 heterocycles. The van der Waals surface area contributed by atoms with Crippen LogP contribution in [0.15, 0.2) is 46.5 Å². The van der Waals surface area contributed by atoms with E-state index in [1.807, 2.05) is 0 Å². The Morgan fingerprint density at radius 3 is 2.42 bits per heavy atom. The number of para-hydroxylation sites is 1. The number of benzene rings is 1. The molecule has 1 aromatic heterocycles. The molecule has 2 N–H and O–H groups in total. The Morgan fingerprint density at radius 2 is 1.84 bits per heavy atom. The van der Waals surface area contributed by atoms with Crippen LogP contribution >= 0.6 is 11.8 Å². The molecule has 0 fully saturated rings. The highest BCUT2D eigenvalue weighted by Gasteiger charge is 2.30. The minimum atomic E-state index is -4.42. The first-order valence-corrected chi connectivity index (χ1v) is 5.94. The van der Waals surface area contributed by atoms with Crippen molar-refractivity contribution in [2.45, 2.75) is 16.1 Å². The summed E-state index contributed by atoms with van der Waals surface area (Å²) in [6.07, 6.45) is -3.69. The number of nitrogen functional groups attached to an aromatic ring is 1. The van der Waals surface area contributed by atoms with Gasteiger partial charge in [0.25, 0.3) is 0 Å². The fourth-order valence-corrected chi connectivity index (χ4v) is 2.15. The maximum atomic E-state index is 13.2. The molecule has 2 nitrogen and oxygen atoms in total. The van der Waals surface area contributed by atoms with Gasteiger partial charge >= 0.3 is 6.18 Å². The van der Waals surface area contributed by atoms with Crippen molar-refractivity contribution in [1.29, 1.82) is 0 Å². The predicted molar refractivity (Wildman–Crippen MR) is 64.2 cm³/mol. The second-order valence-electron chi connectivity index (χ2n) is 3.64. The summed E-state index contributed by atoms with van der Waals surface area (Å²) in [4.78, 5) is 4.09. The van der Waals surface area contributed by atoms with Crippen LogP contribution in [0.4, 0.5) is 23.2 Å². The number of anilines is 1. The number of hydrogen-bond donors (Lipinski definition) is 1. The number of nitrogens with two attached hydrogens (primary N) is 1. The molecule has 0 spiro atoms. The zero-order chi connectivity index (χ0) is 14.0. The minimum Gasteiger partial charge on any atom is -0.395 e. The molecule has 100 valence electrons. The molecule has 0 saturated carbocycles. The van der Waals surface area contributed by atoms with E-state index in [0.29, 0.717) is 9.92 Å². The largest absolute Gasteiger partial charge is 0.417 e. The van der Waals surface area contributed by atoms with E-state index in [4.69, 9.17) is 5.73 Å². The van der Waals surface area contributed by atoms with Crippen LogP contribution in [-0.4, -0.2) is 4.98 Å². The van der Waals surface area contributed by atoms with Crippen LogP contribution < -0.4 is 5.73 Å². The van der Waals surface area contributed by atoms with E-state index in [2.05, 4.69) is 4.98 Å². The van der Waals surface area contributed by atoms with Gasteiger partial charge in [0.15, 0.2) is 0 Å². The Balaban J connectivity index is 2.23. The SMILES string of the molecule is Nc1c(F)cccc1Sc1ccc(C(F)(F)F)cn1. The summed E-state index contributed by atoms with van der Waals surface area (Å²) in [6, 6.07) is 6.39. The lowest BCUT2D eigenvalue weighted by Crippen LogP contribution is -2.05. The topological polar surface area (TPSA) is 38.9 Å². The van der Waals surface area contributed by atoms with Gasteiger partial charge in [-0.25, -0.2) is 9.37 Å². The van der Waals surface area contributed by atoms with Gasteiger partial charge in [0, 0.05) is 11.1 Å². The Bertz CT molecular complexity index is 581. The lowest BCUT2D eigenvalue weighted by Gasteiger charge is -2.08. The van der Waals surface area contributed by atoms with Gasteiger partial charge in [0.1, 0.15) is 10.8 Å². The Kier molecular flexibility index (Phi) is 3.66. The molecule has 0 bridgehead atoms. The van der Waals surface area contributed by atoms with Crippen molar-refractivity contribution in [2.24, 2.45) is 0 Å². The lowest BCUT2D eigenvalue weighted by molar-refractivity contribution is -0.137. The third kappa shape index (κ3) is 3.17. The van der Waals surface area contributed by atoms with Crippen molar-refractivity contribution in [1.82, 2.24) is 4.98 Å². The van der Waals surface area contributed by atoms with Crippen LogP contribution in [0.3, 0.4) is 0 Å². The highest BCUT2D eigenvalue weighted by molar-refractivity contribution is 7.99. The Hall–Kier alpha value is -1.76. The molecule has 2 rings (SSSR count). The second-order valence-corrected chi connectivity index (χ2v) is 4.70. The van der Waals surface area contributed by atoms with Gasteiger partial charge in [-0.05, 0) is 24.3 Å². The quantitative estimate of drug-likeness (QED) is 0.671. The third-order valence-electron chi connectivity index (χ3n) is 2.29. The molecule has 0 aliphatic heterocycles. The van der Waals surface area contributed by atoms with Crippen molar-refractivity contribution < 1.29 is 17.6 Å². The predicted octanol–water partition coefficient (Wildman–Crippen LogP) is 3.97. The summed E-state index contributed by atoms with van der Waals surface area (Å²) in [5, 5.41) is 0.310. The molecule has 7 heteroatoms. The molecule has 2 aromatic rings. The standard InChI is InChI=1S/C12H8F4N2S/c13-8-2-1-3-9(11(8)17)19-10-5-4-7(6-18-10)12(14,15)16/h1-6H,17H2. The van der Waals surface area contributed by atoms with Crippen LogP contribution in [0.5, 0.6) is 0 Å². The van der Waals surface area contributed by atoms with Gasteiger partial charge in [0.2, 0.25) is 0 Å². The summed E-state index contributed by atoms with van der Waals surface area (Å²) in [6.45, 7) is 0. The molecule has 0 saturated heterocycles. The fourth-order valence-electron chi connectivity index (χ4n) is 1.33. The molecule has 0 atom stereocenters. The van der Waals surface area contributed by atoms with Crippen molar-refractivity contribution in [3.05, 3.63) is 47.9 Å². The van der Waals surface area contributed by atoms with Crippen molar-refractivity contribution in [3.63, 3.8) is 0 Å². The summed E-state index contributed by atoms with van der Waals surface area (Å²) in [5.74, 6) is -0.572. The van der Waals surface area contributed by atoms with Crippen LogP contribution in [0, 0.1) is 5.82 Å². The molecule has 19 heavy (non-hydrogen) atoms. The van der Waals surface area contributed by atoms with Gasteiger partial charge in [-0.3, -0.25) is 0 Å². The van der Waals surface area contributed by atoms with E-state index >= 15 is 0 Å². The average Bonchev–Trinajstić information content (AvgIpc) is 2.35. The van der Waals surface area contributed by atoms with Crippen molar-refractivity contribution in [2.75, 3.05) is 5.73 Å². The summed E-state index contributed by atoms with van der Waals surface area (Å²) >= 11 is 1.00. The maximum absolute atomic E-state index is 13.2. The van der Waals surface area contributed by atoms with E-state index in [-0.39, 0.29) is 5.69 Å². The van der Waals surface area contributed by atoms with Crippen molar-refractivity contribution >= 4 is 17.4 Å². The lowest BCUT2D eigenvalue weighted by atomic mass is 10.3. The molecule has 1 aromatic carbocycles. The summed E-state index contributed by atoms with van der Waals surface area (Å²) < 4.78 is 50.2. The molecule has 0 unspecified atom stereocenters.